The van der Waals surface area contributed by atoms with Crippen LogP contribution in [0, 0.1) is 6.92 Å². The number of amides is 1. The average molecular weight is 400 g/mol. The van der Waals surface area contributed by atoms with Crippen molar-refractivity contribution in [2.24, 2.45) is 0 Å². The second kappa shape index (κ2) is 10.2. The first-order valence-corrected chi connectivity index (χ1v) is 9.65. The Hall–Kier alpha value is -2.73. The van der Waals surface area contributed by atoms with E-state index in [1.807, 2.05) is 52.1 Å². The van der Waals surface area contributed by atoms with Crippen LogP contribution in [0.3, 0.4) is 0 Å². The van der Waals surface area contributed by atoms with Crippen LogP contribution >= 0.6 is 0 Å². The number of likely N-dealkylation sites (N-methyl/N-ethyl adjacent to an activating group) is 2. The number of anilines is 1. The minimum absolute atomic E-state index is 0.0855. The number of rotatable bonds is 9. The van der Waals surface area contributed by atoms with E-state index in [1.54, 1.807) is 19.1 Å². The summed E-state index contributed by atoms with van der Waals surface area (Å²) in [6, 6.07) is 12.2. The highest BCUT2D eigenvalue weighted by Gasteiger charge is 2.15. The van der Waals surface area contributed by atoms with Gasteiger partial charge in [-0.15, -0.1) is 0 Å². The van der Waals surface area contributed by atoms with Gasteiger partial charge in [0, 0.05) is 39.9 Å². The van der Waals surface area contributed by atoms with Gasteiger partial charge >= 0.3 is 0 Å². The summed E-state index contributed by atoms with van der Waals surface area (Å²) in [5.74, 6) is 1.50. The molecular weight excluding hydrogens is 366 g/mol. The molecule has 0 aliphatic rings. The zero-order valence-corrected chi connectivity index (χ0v) is 18.7. The molecule has 0 bridgehead atoms. The minimum atomic E-state index is 0.0855. The maximum Gasteiger partial charge on any atom is 0.236 e. The van der Waals surface area contributed by atoms with Crippen molar-refractivity contribution in [3.8, 4) is 11.5 Å². The first-order chi connectivity index (χ1) is 13.7. The van der Waals surface area contributed by atoms with Gasteiger partial charge in [0.15, 0.2) is 11.5 Å². The Kier molecular flexibility index (Phi) is 7.91. The van der Waals surface area contributed by atoms with Gasteiger partial charge < -0.3 is 19.3 Å². The molecule has 1 amide bonds. The lowest BCUT2D eigenvalue weighted by Crippen LogP contribution is -2.36. The van der Waals surface area contributed by atoms with Crippen molar-refractivity contribution < 1.29 is 14.3 Å². The molecule has 0 aliphatic heterocycles. The van der Waals surface area contributed by atoms with Gasteiger partial charge in [-0.2, -0.15) is 0 Å². The summed E-state index contributed by atoms with van der Waals surface area (Å²) in [4.78, 5) is 18.5. The van der Waals surface area contributed by atoms with Crippen molar-refractivity contribution in [3.05, 3.63) is 53.1 Å². The number of nitrogens with zero attached hydrogens (tertiary/aromatic N) is 3. The Morgan fingerprint density at radius 2 is 1.48 bits per heavy atom. The topological polar surface area (TPSA) is 45.2 Å². The summed E-state index contributed by atoms with van der Waals surface area (Å²) in [6.45, 7) is 3.63. The van der Waals surface area contributed by atoms with E-state index in [1.165, 1.54) is 0 Å². The quantitative estimate of drug-likeness (QED) is 0.648. The molecule has 0 aromatic heterocycles. The number of aryl methyl sites for hydroxylation is 1. The summed E-state index contributed by atoms with van der Waals surface area (Å²) >= 11 is 0. The van der Waals surface area contributed by atoms with Gasteiger partial charge in [-0.25, -0.2) is 0 Å². The molecule has 2 rings (SSSR count). The van der Waals surface area contributed by atoms with Gasteiger partial charge in [0.05, 0.1) is 20.8 Å². The number of hydrogen-bond donors (Lipinski definition) is 0. The van der Waals surface area contributed by atoms with Crippen LogP contribution in [0.25, 0.3) is 0 Å². The van der Waals surface area contributed by atoms with Crippen LogP contribution in [0.1, 0.15) is 16.7 Å². The van der Waals surface area contributed by atoms with Crippen molar-refractivity contribution in [2.75, 3.05) is 53.9 Å². The Balaban J connectivity index is 1.96. The van der Waals surface area contributed by atoms with E-state index >= 15 is 0 Å². The van der Waals surface area contributed by atoms with Crippen LogP contribution in [0.2, 0.25) is 0 Å². The number of methoxy groups -OCH3 is 2. The molecular formula is C23H33N3O3. The molecule has 2 aromatic rings. The fraction of sp³-hybridized carbons (Fsp3) is 0.435. The Morgan fingerprint density at radius 3 is 2.03 bits per heavy atom. The van der Waals surface area contributed by atoms with Gasteiger partial charge in [-0.3, -0.25) is 9.69 Å². The van der Waals surface area contributed by atoms with Crippen molar-refractivity contribution in [1.29, 1.82) is 0 Å². The van der Waals surface area contributed by atoms with Gasteiger partial charge in [-0.1, -0.05) is 12.1 Å². The third kappa shape index (κ3) is 6.12. The van der Waals surface area contributed by atoms with Crippen LogP contribution in [0.4, 0.5) is 5.69 Å². The molecule has 0 atom stereocenters. The third-order valence-corrected chi connectivity index (χ3v) is 4.99. The van der Waals surface area contributed by atoms with E-state index in [0.29, 0.717) is 31.1 Å². The van der Waals surface area contributed by atoms with Crippen molar-refractivity contribution in [2.45, 2.75) is 20.0 Å². The van der Waals surface area contributed by atoms with E-state index in [0.717, 1.165) is 22.4 Å². The number of benzene rings is 2. The van der Waals surface area contributed by atoms with Gasteiger partial charge in [0.2, 0.25) is 5.91 Å². The standard InChI is InChI=1S/C23H33N3O3/c1-17-12-21(28-6)22(29-7)13-19(17)15-25(4)16-23(27)26(5)14-18-8-10-20(11-9-18)24(2)3/h8-13H,14-16H2,1-7H3. The summed E-state index contributed by atoms with van der Waals surface area (Å²) in [5, 5.41) is 0. The normalized spacial score (nSPS) is 10.8. The maximum atomic E-state index is 12.7. The highest BCUT2D eigenvalue weighted by molar-refractivity contribution is 5.78. The van der Waals surface area contributed by atoms with Crippen LogP contribution in [-0.4, -0.2) is 64.7 Å². The molecule has 0 spiro atoms. The summed E-state index contributed by atoms with van der Waals surface area (Å²) in [7, 11) is 11.1. The maximum absolute atomic E-state index is 12.7. The first-order valence-electron chi connectivity index (χ1n) is 9.65. The zero-order valence-electron chi connectivity index (χ0n) is 18.7. The van der Waals surface area contributed by atoms with E-state index in [-0.39, 0.29) is 5.91 Å². The molecule has 0 saturated carbocycles. The third-order valence-electron chi connectivity index (χ3n) is 4.99. The molecule has 6 nitrogen and oxygen atoms in total. The molecule has 0 fully saturated rings. The predicted octanol–water partition coefficient (Wildman–Crippen LogP) is 3.17. The van der Waals surface area contributed by atoms with Crippen LogP contribution in [-0.2, 0) is 17.9 Å². The molecule has 0 aliphatic carbocycles. The van der Waals surface area contributed by atoms with E-state index in [9.17, 15) is 4.79 Å². The van der Waals surface area contributed by atoms with Crippen molar-refractivity contribution in [1.82, 2.24) is 9.80 Å². The largest absolute Gasteiger partial charge is 0.493 e. The Bertz CT molecular complexity index is 819. The van der Waals surface area contributed by atoms with E-state index in [4.69, 9.17) is 9.47 Å². The Morgan fingerprint density at radius 1 is 0.897 bits per heavy atom. The van der Waals surface area contributed by atoms with E-state index in [2.05, 4.69) is 29.2 Å². The van der Waals surface area contributed by atoms with Gasteiger partial charge in [-0.05, 0) is 54.9 Å². The van der Waals surface area contributed by atoms with E-state index < -0.39 is 0 Å². The minimum Gasteiger partial charge on any atom is -0.493 e. The number of hydrogen-bond acceptors (Lipinski definition) is 5. The highest BCUT2D eigenvalue weighted by Crippen LogP contribution is 2.30. The van der Waals surface area contributed by atoms with Crippen molar-refractivity contribution >= 4 is 11.6 Å². The average Bonchev–Trinajstić information content (AvgIpc) is 2.69. The second-order valence-electron chi connectivity index (χ2n) is 7.62. The fourth-order valence-corrected chi connectivity index (χ4v) is 3.15. The monoisotopic (exact) mass is 399 g/mol. The second-order valence-corrected chi connectivity index (χ2v) is 7.62. The summed E-state index contributed by atoms with van der Waals surface area (Å²) < 4.78 is 10.7. The molecule has 29 heavy (non-hydrogen) atoms. The first kappa shape index (κ1) is 22.6. The summed E-state index contributed by atoms with van der Waals surface area (Å²) in [6.07, 6.45) is 0. The van der Waals surface area contributed by atoms with Crippen LogP contribution in [0.5, 0.6) is 11.5 Å². The lowest BCUT2D eigenvalue weighted by atomic mass is 10.1. The molecule has 0 saturated heterocycles. The molecule has 0 heterocycles. The SMILES string of the molecule is COc1cc(C)c(CN(C)CC(=O)N(C)Cc2ccc(N(C)C)cc2)cc1OC. The van der Waals surface area contributed by atoms with Crippen LogP contribution < -0.4 is 14.4 Å². The number of carbonyl (C=O) groups excluding carboxylic acids is 1. The predicted molar refractivity (Wildman–Crippen MR) is 118 cm³/mol. The highest BCUT2D eigenvalue weighted by atomic mass is 16.5. The zero-order chi connectivity index (χ0) is 21.6. The lowest BCUT2D eigenvalue weighted by molar-refractivity contribution is -0.131. The summed E-state index contributed by atoms with van der Waals surface area (Å²) in [5.41, 5.74) is 4.48. The molecule has 6 heteroatoms. The van der Waals surface area contributed by atoms with Gasteiger partial charge in [0.1, 0.15) is 0 Å². The van der Waals surface area contributed by atoms with Crippen molar-refractivity contribution in [3.63, 3.8) is 0 Å². The van der Waals surface area contributed by atoms with Gasteiger partial charge in [0.25, 0.3) is 0 Å². The molecule has 0 N–H and O–H groups in total. The molecule has 0 unspecified atom stereocenters. The smallest absolute Gasteiger partial charge is 0.236 e. The molecule has 158 valence electrons. The number of ether oxygens (including phenoxy) is 2. The molecule has 0 radical (unpaired) electrons. The van der Waals surface area contributed by atoms with Crippen LogP contribution in [0.15, 0.2) is 36.4 Å². The Labute approximate surface area is 174 Å². The number of carbonyl (C=O) groups is 1. The molecule has 2 aromatic carbocycles. The lowest BCUT2D eigenvalue weighted by Gasteiger charge is -2.23. The fourth-order valence-electron chi connectivity index (χ4n) is 3.15.